The van der Waals surface area contributed by atoms with Gasteiger partial charge in [-0.3, -0.25) is 9.69 Å². The van der Waals surface area contributed by atoms with Gasteiger partial charge in [-0.2, -0.15) is 5.26 Å². The molecule has 5 nitrogen and oxygen atoms in total. The average Bonchev–Trinajstić information content (AvgIpc) is 2.41. The van der Waals surface area contributed by atoms with Crippen molar-refractivity contribution in [3.05, 3.63) is 0 Å². The van der Waals surface area contributed by atoms with Crippen molar-refractivity contribution in [2.24, 2.45) is 0 Å². The number of carboxylic acid groups (broad SMARTS) is 1. The van der Waals surface area contributed by atoms with Gasteiger partial charge in [-0.15, -0.1) is 0 Å². The lowest BCUT2D eigenvalue weighted by molar-refractivity contribution is -0.137. The molecule has 0 spiro atoms. The Morgan fingerprint density at radius 2 is 1.93 bits per heavy atom. The highest BCUT2D eigenvalue weighted by Crippen LogP contribution is 2.03. The minimum Gasteiger partial charge on any atom is -0.481 e. The van der Waals surface area contributed by atoms with E-state index < -0.39 is 5.97 Å². The second kappa shape index (κ2) is 6.38. The molecule has 84 valence electrons. The highest BCUT2D eigenvalue weighted by Gasteiger charge is 2.14. The molecule has 5 heteroatoms. The maximum atomic E-state index is 10.4. The number of hydrogen-bond donors (Lipinski definition) is 1. The highest BCUT2D eigenvalue weighted by atomic mass is 16.4. The highest BCUT2D eigenvalue weighted by molar-refractivity contribution is 5.66. The summed E-state index contributed by atoms with van der Waals surface area (Å²) in [4.78, 5) is 14.7. The number of carbonyl (C=O) groups is 1. The third-order valence-electron chi connectivity index (χ3n) is 2.62. The molecule has 0 radical (unpaired) electrons. The average molecular weight is 211 g/mol. The van der Waals surface area contributed by atoms with Crippen LogP contribution < -0.4 is 0 Å². The Balaban J connectivity index is 2.26. The van der Waals surface area contributed by atoms with Gasteiger partial charge in [0.15, 0.2) is 0 Å². The normalized spacial score (nSPS) is 19.4. The Morgan fingerprint density at radius 1 is 1.27 bits per heavy atom. The molecule has 0 aromatic rings. The summed E-state index contributed by atoms with van der Waals surface area (Å²) in [6.07, 6.45) is 1.22. The number of carboxylic acids is 1. The molecule has 0 unspecified atom stereocenters. The van der Waals surface area contributed by atoms with Crippen LogP contribution in [0.4, 0.5) is 0 Å². The van der Waals surface area contributed by atoms with Crippen LogP contribution in [0.15, 0.2) is 0 Å². The van der Waals surface area contributed by atoms with E-state index in [2.05, 4.69) is 15.9 Å². The van der Waals surface area contributed by atoms with Gasteiger partial charge in [-0.25, -0.2) is 0 Å². The van der Waals surface area contributed by atoms with Crippen molar-refractivity contribution in [2.75, 3.05) is 39.3 Å². The zero-order valence-electron chi connectivity index (χ0n) is 8.85. The molecule has 0 bridgehead atoms. The number of nitrogens with zero attached hydrogens (tertiary/aromatic N) is 3. The van der Waals surface area contributed by atoms with Gasteiger partial charge in [0.1, 0.15) is 0 Å². The van der Waals surface area contributed by atoms with Gasteiger partial charge < -0.3 is 10.0 Å². The van der Waals surface area contributed by atoms with E-state index in [1.54, 1.807) is 0 Å². The molecule has 0 atom stereocenters. The summed E-state index contributed by atoms with van der Waals surface area (Å²) < 4.78 is 0. The first kappa shape index (κ1) is 12.0. The molecule has 0 aromatic heterocycles. The fourth-order valence-corrected chi connectivity index (χ4v) is 1.76. The Hall–Kier alpha value is -1.12. The van der Waals surface area contributed by atoms with E-state index in [-0.39, 0.29) is 6.42 Å². The van der Waals surface area contributed by atoms with Crippen LogP contribution in [0.5, 0.6) is 0 Å². The molecule has 0 amide bonds. The zero-order chi connectivity index (χ0) is 11.1. The van der Waals surface area contributed by atoms with E-state index in [0.29, 0.717) is 13.1 Å². The van der Waals surface area contributed by atoms with Crippen LogP contribution in [-0.2, 0) is 4.79 Å². The maximum Gasteiger partial charge on any atom is 0.304 e. The zero-order valence-corrected chi connectivity index (χ0v) is 8.85. The first-order valence-corrected chi connectivity index (χ1v) is 5.26. The van der Waals surface area contributed by atoms with Crippen LogP contribution in [0.25, 0.3) is 0 Å². The summed E-state index contributed by atoms with van der Waals surface area (Å²) in [5.41, 5.74) is 0. The van der Waals surface area contributed by atoms with Crippen molar-refractivity contribution in [3.8, 4) is 6.07 Å². The van der Waals surface area contributed by atoms with E-state index >= 15 is 0 Å². The molecule has 1 N–H and O–H groups in total. The summed E-state index contributed by atoms with van der Waals surface area (Å²) in [7, 11) is 0. The quantitative estimate of drug-likeness (QED) is 0.662. The van der Waals surface area contributed by atoms with Crippen LogP contribution in [0.3, 0.4) is 0 Å². The number of nitriles is 1. The SMILES string of the molecule is N#CCN1CCCN(CCC(=O)O)CC1. The van der Waals surface area contributed by atoms with Crippen LogP contribution in [0.1, 0.15) is 12.8 Å². The van der Waals surface area contributed by atoms with E-state index in [4.69, 9.17) is 10.4 Å². The van der Waals surface area contributed by atoms with Crippen molar-refractivity contribution in [1.29, 1.82) is 5.26 Å². The first-order chi connectivity index (χ1) is 7.22. The monoisotopic (exact) mass is 211 g/mol. The van der Waals surface area contributed by atoms with Crippen LogP contribution >= 0.6 is 0 Å². The van der Waals surface area contributed by atoms with Gasteiger partial charge in [0.05, 0.1) is 19.0 Å². The second-order valence-corrected chi connectivity index (χ2v) is 3.77. The van der Waals surface area contributed by atoms with Crippen molar-refractivity contribution in [2.45, 2.75) is 12.8 Å². The molecule has 0 aromatic carbocycles. The fourth-order valence-electron chi connectivity index (χ4n) is 1.76. The van der Waals surface area contributed by atoms with Crippen molar-refractivity contribution in [3.63, 3.8) is 0 Å². The Kier molecular flexibility index (Phi) is 5.08. The van der Waals surface area contributed by atoms with Gasteiger partial charge in [-0.1, -0.05) is 0 Å². The van der Waals surface area contributed by atoms with Crippen LogP contribution in [-0.4, -0.2) is 60.1 Å². The second-order valence-electron chi connectivity index (χ2n) is 3.77. The third-order valence-corrected chi connectivity index (χ3v) is 2.62. The molecule has 1 aliphatic rings. The molecule has 1 fully saturated rings. The first-order valence-electron chi connectivity index (χ1n) is 5.26. The molecule has 0 aliphatic carbocycles. The lowest BCUT2D eigenvalue weighted by Crippen LogP contribution is -2.32. The van der Waals surface area contributed by atoms with Crippen molar-refractivity contribution < 1.29 is 9.90 Å². The van der Waals surface area contributed by atoms with E-state index in [1.807, 2.05) is 0 Å². The van der Waals surface area contributed by atoms with Crippen molar-refractivity contribution in [1.82, 2.24) is 9.80 Å². The molecule has 1 aliphatic heterocycles. The molecule has 1 saturated heterocycles. The minimum atomic E-state index is -0.742. The predicted molar refractivity (Wildman–Crippen MR) is 55.4 cm³/mol. The molecule has 15 heavy (non-hydrogen) atoms. The molecular formula is C10H17N3O2. The van der Waals surface area contributed by atoms with E-state index in [9.17, 15) is 4.79 Å². The van der Waals surface area contributed by atoms with Crippen LogP contribution in [0.2, 0.25) is 0 Å². The van der Waals surface area contributed by atoms with Crippen molar-refractivity contribution >= 4 is 5.97 Å². The molecule has 1 rings (SSSR count). The topological polar surface area (TPSA) is 67.6 Å². The van der Waals surface area contributed by atoms with Gasteiger partial charge in [0.2, 0.25) is 0 Å². The van der Waals surface area contributed by atoms with Gasteiger partial charge in [0.25, 0.3) is 0 Å². The molecule has 0 saturated carbocycles. The van der Waals surface area contributed by atoms with Gasteiger partial charge >= 0.3 is 5.97 Å². The van der Waals surface area contributed by atoms with E-state index in [0.717, 1.165) is 32.6 Å². The summed E-state index contributed by atoms with van der Waals surface area (Å²) in [5.74, 6) is -0.742. The van der Waals surface area contributed by atoms with Gasteiger partial charge in [0, 0.05) is 26.2 Å². The number of aliphatic carboxylic acids is 1. The Morgan fingerprint density at radius 3 is 2.60 bits per heavy atom. The Labute approximate surface area is 89.9 Å². The number of rotatable bonds is 4. The smallest absolute Gasteiger partial charge is 0.304 e. The molecule has 1 heterocycles. The minimum absolute atomic E-state index is 0.207. The van der Waals surface area contributed by atoms with Gasteiger partial charge in [-0.05, 0) is 13.0 Å². The summed E-state index contributed by atoms with van der Waals surface area (Å²) in [5, 5.41) is 17.1. The largest absolute Gasteiger partial charge is 0.481 e. The summed E-state index contributed by atoms with van der Waals surface area (Å²) >= 11 is 0. The molecular weight excluding hydrogens is 194 g/mol. The Bertz CT molecular complexity index is 250. The lowest BCUT2D eigenvalue weighted by Gasteiger charge is -2.19. The third kappa shape index (κ3) is 4.77. The summed E-state index contributed by atoms with van der Waals surface area (Å²) in [6, 6.07) is 2.14. The maximum absolute atomic E-state index is 10.4. The van der Waals surface area contributed by atoms with E-state index in [1.165, 1.54) is 0 Å². The standard InChI is InChI=1S/C10H17N3O2/c11-3-7-13-5-1-4-12(8-9-13)6-2-10(14)15/h1-2,4-9H2,(H,14,15). The predicted octanol–water partition coefficient (Wildman–Crippen LogP) is -0.00762. The summed E-state index contributed by atoms with van der Waals surface area (Å²) in [6.45, 7) is 4.72. The number of hydrogen-bond acceptors (Lipinski definition) is 4. The fraction of sp³-hybridized carbons (Fsp3) is 0.800. The van der Waals surface area contributed by atoms with Crippen LogP contribution in [0, 0.1) is 11.3 Å². The lowest BCUT2D eigenvalue weighted by atomic mass is 10.3.